The van der Waals surface area contributed by atoms with E-state index >= 15 is 0 Å². The summed E-state index contributed by atoms with van der Waals surface area (Å²) in [4.78, 5) is 32.0. The number of ether oxygens (including phenoxy) is 1. The first-order valence-electron chi connectivity index (χ1n) is 9.00. The van der Waals surface area contributed by atoms with E-state index in [2.05, 4.69) is 9.97 Å². The van der Waals surface area contributed by atoms with Gasteiger partial charge in [0.2, 0.25) is 0 Å². The smallest absolute Gasteiger partial charge is 0.373 e. The molecule has 31 heavy (non-hydrogen) atoms. The minimum Gasteiger partial charge on any atom is -0.373 e. The fourth-order valence-corrected chi connectivity index (χ4v) is 3.64. The van der Waals surface area contributed by atoms with Crippen molar-refractivity contribution in [2.75, 3.05) is 13.7 Å². The monoisotopic (exact) mass is 439 g/mol. The second-order valence-electron chi connectivity index (χ2n) is 7.04. The third kappa shape index (κ3) is 3.65. The first kappa shape index (κ1) is 20.9. The second kappa shape index (κ2) is 7.41. The van der Waals surface area contributed by atoms with Crippen molar-refractivity contribution in [1.29, 1.82) is 0 Å². The third-order valence-electron chi connectivity index (χ3n) is 5.11. The Morgan fingerprint density at radius 3 is 2.65 bits per heavy atom. The highest BCUT2D eigenvalue weighted by Gasteiger charge is 2.37. The van der Waals surface area contributed by atoms with E-state index in [1.54, 1.807) is 0 Å². The van der Waals surface area contributed by atoms with Gasteiger partial charge >= 0.3 is 6.18 Å². The number of alkyl halides is 3. The van der Waals surface area contributed by atoms with Crippen LogP contribution in [0.3, 0.4) is 0 Å². The summed E-state index contributed by atoms with van der Waals surface area (Å²) in [6.45, 7) is 0.0528. The largest absolute Gasteiger partial charge is 0.436 e. The average Bonchev–Trinajstić information content (AvgIpc) is 2.71. The maximum absolute atomic E-state index is 13.9. The maximum atomic E-state index is 13.9. The molecule has 162 valence electrons. The number of hydrogen-bond donors (Lipinski definition) is 1. The van der Waals surface area contributed by atoms with Gasteiger partial charge in [-0.15, -0.1) is 0 Å². The fraction of sp³-hybridized carbons (Fsp3) is 0.250. The molecular formula is C20H14F5N3O3. The van der Waals surface area contributed by atoms with E-state index in [1.165, 1.54) is 19.2 Å². The highest BCUT2D eigenvalue weighted by atomic mass is 19.4. The van der Waals surface area contributed by atoms with Crippen LogP contribution in [0.15, 0.2) is 35.3 Å². The molecule has 1 aromatic carbocycles. The van der Waals surface area contributed by atoms with E-state index in [4.69, 9.17) is 4.74 Å². The predicted octanol–water partition coefficient (Wildman–Crippen LogP) is 3.56. The number of nitrogens with one attached hydrogen (secondary N) is 1. The van der Waals surface area contributed by atoms with Crippen molar-refractivity contribution in [2.45, 2.75) is 18.8 Å². The normalized spacial score (nSPS) is 16.3. The Kier molecular flexibility index (Phi) is 5.00. The molecular weight excluding hydrogens is 425 g/mol. The minimum absolute atomic E-state index is 0.00427. The Balaban J connectivity index is 1.76. The van der Waals surface area contributed by atoms with Gasteiger partial charge in [0.25, 0.3) is 11.5 Å². The Morgan fingerprint density at radius 2 is 1.97 bits per heavy atom. The molecule has 1 atom stereocenters. The highest BCUT2D eigenvalue weighted by Crippen LogP contribution is 2.34. The molecule has 4 rings (SSSR count). The van der Waals surface area contributed by atoms with Crippen LogP contribution < -0.4 is 5.56 Å². The first-order chi connectivity index (χ1) is 14.6. The van der Waals surface area contributed by atoms with Crippen LogP contribution in [0.25, 0.3) is 10.8 Å². The number of amides is 1. The molecule has 0 aliphatic carbocycles. The van der Waals surface area contributed by atoms with Crippen molar-refractivity contribution in [3.63, 3.8) is 0 Å². The Labute approximate surface area is 171 Å². The molecule has 0 radical (unpaired) electrons. The van der Waals surface area contributed by atoms with E-state index in [9.17, 15) is 31.5 Å². The molecule has 0 fully saturated rings. The van der Waals surface area contributed by atoms with E-state index in [-0.39, 0.29) is 24.2 Å². The minimum atomic E-state index is -4.99. The summed E-state index contributed by atoms with van der Waals surface area (Å²) < 4.78 is 71.2. The maximum Gasteiger partial charge on any atom is 0.436 e. The Morgan fingerprint density at radius 1 is 1.23 bits per heavy atom. The van der Waals surface area contributed by atoms with E-state index in [0.29, 0.717) is 28.9 Å². The van der Waals surface area contributed by atoms with Crippen molar-refractivity contribution in [3.8, 4) is 0 Å². The number of nitrogens with zero attached hydrogens (tertiary/aromatic N) is 2. The zero-order valence-corrected chi connectivity index (χ0v) is 15.9. The van der Waals surface area contributed by atoms with Crippen molar-refractivity contribution in [2.24, 2.45) is 0 Å². The van der Waals surface area contributed by atoms with Gasteiger partial charge in [0, 0.05) is 24.5 Å². The van der Waals surface area contributed by atoms with Crippen LogP contribution in [0.1, 0.15) is 33.4 Å². The lowest BCUT2D eigenvalue weighted by molar-refractivity contribution is -0.143. The predicted molar refractivity (Wildman–Crippen MR) is 98.2 cm³/mol. The number of halogens is 5. The molecule has 0 saturated carbocycles. The molecule has 1 aliphatic rings. The molecule has 6 nitrogen and oxygen atoms in total. The summed E-state index contributed by atoms with van der Waals surface area (Å²) in [5.41, 5.74) is -1.74. The number of pyridine rings is 2. The number of rotatable bonds is 2. The number of carbonyl (C=O) groups excluding carboxylic acids is 1. The molecule has 3 aromatic rings. The van der Waals surface area contributed by atoms with Crippen LogP contribution in [0.4, 0.5) is 22.0 Å². The molecule has 1 unspecified atom stereocenters. The van der Waals surface area contributed by atoms with Gasteiger partial charge in [-0.25, -0.2) is 13.8 Å². The van der Waals surface area contributed by atoms with Crippen LogP contribution in [0.2, 0.25) is 0 Å². The lowest BCUT2D eigenvalue weighted by Gasteiger charge is -2.33. The summed E-state index contributed by atoms with van der Waals surface area (Å²) in [5, 5.41) is 0.485. The average molecular weight is 439 g/mol. The Hall–Kier alpha value is -3.34. The molecule has 2 aromatic heterocycles. The van der Waals surface area contributed by atoms with Gasteiger partial charge in [-0.2, -0.15) is 13.2 Å². The van der Waals surface area contributed by atoms with Crippen molar-refractivity contribution in [3.05, 3.63) is 75.0 Å². The van der Waals surface area contributed by atoms with Crippen LogP contribution >= 0.6 is 0 Å². The number of benzene rings is 1. The summed E-state index contributed by atoms with van der Waals surface area (Å²) in [7, 11) is 1.36. The lowest BCUT2D eigenvalue weighted by Crippen LogP contribution is -2.37. The van der Waals surface area contributed by atoms with E-state index < -0.39 is 41.0 Å². The molecule has 1 aliphatic heterocycles. The molecule has 0 spiro atoms. The van der Waals surface area contributed by atoms with Crippen LogP contribution in [-0.4, -0.2) is 34.4 Å². The van der Waals surface area contributed by atoms with Crippen LogP contribution in [0.5, 0.6) is 0 Å². The second-order valence-corrected chi connectivity index (χ2v) is 7.04. The number of hydrogen-bond acceptors (Lipinski definition) is 4. The molecule has 3 heterocycles. The fourth-order valence-electron chi connectivity index (χ4n) is 3.64. The number of likely N-dealkylation sites (N-methyl/N-ethyl adjacent to an activating group) is 1. The van der Waals surface area contributed by atoms with Crippen molar-refractivity contribution >= 4 is 16.7 Å². The molecule has 11 heteroatoms. The van der Waals surface area contributed by atoms with Gasteiger partial charge in [0.05, 0.1) is 30.2 Å². The number of aromatic amines is 1. The molecule has 0 saturated heterocycles. The number of aromatic nitrogens is 2. The number of carbonyl (C=O) groups is 1. The van der Waals surface area contributed by atoms with Gasteiger partial charge in [0.1, 0.15) is 5.82 Å². The zero-order chi connectivity index (χ0) is 22.5. The van der Waals surface area contributed by atoms with Crippen LogP contribution in [-0.2, 0) is 17.5 Å². The van der Waals surface area contributed by atoms with Gasteiger partial charge in [-0.1, -0.05) is 6.07 Å². The van der Waals surface area contributed by atoms with Gasteiger partial charge in [-0.05, 0) is 23.6 Å². The molecule has 1 N–H and O–H groups in total. The van der Waals surface area contributed by atoms with E-state index in [1.807, 2.05) is 0 Å². The van der Waals surface area contributed by atoms with E-state index in [0.717, 1.165) is 11.0 Å². The van der Waals surface area contributed by atoms with Gasteiger partial charge in [0.15, 0.2) is 11.5 Å². The summed E-state index contributed by atoms with van der Waals surface area (Å²) in [6, 6.07) is 3.35. The van der Waals surface area contributed by atoms with Crippen LogP contribution in [0, 0.1) is 11.6 Å². The summed E-state index contributed by atoms with van der Waals surface area (Å²) in [6.07, 6.45) is -4.34. The topological polar surface area (TPSA) is 75.3 Å². The highest BCUT2D eigenvalue weighted by molar-refractivity contribution is 5.95. The SMILES string of the molecule is CN(C(=O)c1cnc(C(F)(F)F)c(F)c1)C1COCc2[nH]c(=O)c3cc(F)ccc3c21. The summed E-state index contributed by atoms with van der Waals surface area (Å²) >= 11 is 0. The molecule has 0 bridgehead atoms. The number of fused-ring (bicyclic) bond motifs is 3. The third-order valence-corrected chi connectivity index (χ3v) is 5.11. The quantitative estimate of drug-likeness (QED) is 0.620. The summed E-state index contributed by atoms with van der Waals surface area (Å²) in [5.74, 6) is -3.09. The lowest BCUT2D eigenvalue weighted by atomic mass is 9.95. The van der Waals surface area contributed by atoms with Gasteiger partial charge < -0.3 is 14.6 Å². The first-order valence-corrected chi connectivity index (χ1v) is 9.00. The standard InChI is InChI=1S/C20H14F5N3O3/c1-28(19(30)9-4-13(22)17(26-6-9)20(23,24)25)15-8-31-7-14-16(15)11-3-2-10(21)5-12(11)18(29)27-14/h2-6,15H,7-8H2,1H3,(H,27,29). The zero-order valence-electron chi connectivity index (χ0n) is 15.9. The number of H-pyrrole nitrogens is 1. The molecule has 1 amide bonds. The van der Waals surface area contributed by atoms with Crippen molar-refractivity contribution < 1.29 is 31.5 Å². The van der Waals surface area contributed by atoms with Gasteiger partial charge in [-0.3, -0.25) is 9.59 Å². The Bertz CT molecular complexity index is 1260. The van der Waals surface area contributed by atoms with Crippen molar-refractivity contribution in [1.82, 2.24) is 14.9 Å².